The molecule has 0 saturated carbocycles. The Bertz CT molecular complexity index is 481. The van der Waals surface area contributed by atoms with Crippen LogP contribution in [0.2, 0.25) is 0 Å². The number of carbonyl (C=O) groups is 1. The van der Waals surface area contributed by atoms with Crippen LogP contribution >= 0.6 is 0 Å². The van der Waals surface area contributed by atoms with E-state index in [2.05, 4.69) is 12.1 Å². The summed E-state index contributed by atoms with van der Waals surface area (Å²) in [4.78, 5) is 14.4. The van der Waals surface area contributed by atoms with E-state index in [9.17, 15) is 4.79 Å². The Morgan fingerprint density at radius 1 is 1.27 bits per heavy atom. The lowest BCUT2D eigenvalue weighted by Crippen LogP contribution is -2.53. The van der Waals surface area contributed by atoms with Crippen LogP contribution < -0.4 is 0 Å². The summed E-state index contributed by atoms with van der Waals surface area (Å²) in [5, 5.41) is 0. The first-order valence-corrected chi connectivity index (χ1v) is 7.97. The minimum atomic E-state index is -0.478. The Hall–Kier alpha value is -1.55. The zero-order valence-corrected chi connectivity index (χ0v) is 14.0. The summed E-state index contributed by atoms with van der Waals surface area (Å²) in [5.74, 6) is 0. The minimum Gasteiger partial charge on any atom is -0.444 e. The number of piperidine rings is 1. The number of hydrogen-bond donors (Lipinski definition) is 0. The molecule has 0 aromatic heterocycles. The summed E-state index contributed by atoms with van der Waals surface area (Å²) in [7, 11) is 1.72. The Kier molecular flexibility index (Phi) is 5.46. The highest BCUT2D eigenvalue weighted by Gasteiger charge is 2.36. The zero-order chi connectivity index (χ0) is 16.2. The van der Waals surface area contributed by atoms with E-state index >= 15 is 0 Å². The predicted molar refractivity (Wildman–Crippen MR) is 86.9 cm³/mol. The highest BCUT2D eigenvalue weighted by Crippen LogP contribution is 2.25. The molecule has 1 aliphatic rings. The van der Waals surface area contributed by atoms with Gasteiger partial charge >= 0.3 is 6.09 Å². The summed E-state index contributed by atoms with van der Waals surface area (Å²) in [5.41, 5.74) is 0.735. The van der Waals surface area contributed by atoms with Crippen LogP contribution in [0.5, 0.6) is 0 Å². The van der Waals surface area contributed by atoms with Crippen molar-refractivity contribution in [2.45, 2.75) is 57.8 Å². The van der Waals surface area contributed by atoms with Crippen LogP contribution in [-0.4, -0.2) is 42.4 Å². The van der Waals surface area contributed by atoms with Crippen molar-refractivity contribution >= 4 is 6.09 Å². The van der Waals surface area contributed by atoms with Gasteiger partial charge in [0.2, 0.25) is 0 Å². The molecular weight excluding hydrogens is 278 g/mol. The number of ether oxygens (including phenoxy) is 2. The summed E-state index contributed by atoms with van der Waals surface area (Å²) in [6, 6.07) is 10.3. The van der Waals surface area contributed by atoms with Crippen molar-refractivity contribution in [3.63, 3.8) is 0 Å². The van der Waals surface area contributed by atoms with Gasteiger partial charge in [-0.3, -0.25) is 0 Å². The van der Waals surface area contributed by atoms with Gasteiger partial charge in [-0.1, -0.05) is 30.3 Å². The van der Waals surface area contributed by atoms with Gasteiger partial charge in [0.05, 0.1) is 12.1 Å². The van der Waals surface area contributed by atoms with Crippen molar-refractivity contribution in [2.75, 3.05) is 13.7 Å². The Morgan fingerprint density at radius 2 is 1.95 bits per heavy atom. The second-order valence-electron chi connectivity index (χ2n) is 6.85. The molecule has 4 nitrogen and oxygen atoms in total. The van der Waals surface area contributed by atoms with Crippen LogP contribution in [0.4, 0.5) is 4.79 Å². The molecule has 122 valence electrons. The maximum Gasteiger partial charge on any atom is 0.410 e. The maximum absolute atomic E-state index is 12.5. The van der Waals surface area contributed by atoms with Crippen molar-refractivity contribution in [3.8, 4) is 0 Å². The molecule has 2 rings (SSSR count). The summed E-state index contributed by atoms with van der Waals surface area (Å²) in [6.45, 7) is 6.42. The number of hydrogen-bond acceptors (Lipinski definition) is 3. The average Bonchev–Trinajstić information content (AvgIpc) is 2.46. The summed E-state index contributed by atoms with van der Waals surface area (Å²) in [6.07, 6.45) is 2.53. The number of benzene rings is 1. The molecule has 22 heavy (non-hydrogen) atoms. The standard InChI is InChI=1S/C18H27NO3/c1-18(2,3)22-17(20)19-12-8-11-16(21-4)15(19)13-14-9-6-5-7-10-14/h5-7,9-10,15-16H,8,11-13H2,1-4H3/t15-,16-/m1/s1. The first-order valence-electron chi connectivity index (χ1n) is 7.97. The summed E-state index contributed by atoms with van der Waals surface area (Å²) >= 11 is 0. The smallest absolute Gasteiger partial charge is 0.410 e. The first kappa shape index (κ1) is 16.8. The molecule has 1 fully saturated rings. The van der Waals surface area contributed by atoms with Crippen molar-refractivity contribution in [1.82, 2.24) is 4.90 Å². The molecule has 1 aromatic rings. The van der Waals surface area contributed by atoms with Gasteiger partial charge in [-0.2, -0.15) is 0 Å². The molecule has 1 heterocycles. The highest BCUT2D eigenvalue weighted by molar-refractivity contribution is 5.69. The predicted octanol–water partition coefficient (Wildman–Crippen LogP) is 3.64. The van der Waals surface area contributed by atoms with Crippen LogP contribution in [0.1, 0.15) is 39.2 Å². The molecule has 1 aliphatic heterocycles. The molecule has 4 heteroatoms. The molecule has 0 aliphatic carbocycles. The zero-order valence-electron chi connectivity index (χ0n) is 14.0. The SMILES string of the molecule is CO[C@@H]1CCCN(C(=O)OC(C)(C)C)[C@@H]1Cc1ccccc1. The van der Waals surface area contributed by atoms with E-state index in [-0.39, 0.29) is 18.2 Å². The van der Waals surface area contributed by atoms with E-state index in [1.807, 2.05) is 43.9 Å². The molecule has 1 amide bonds. The Balaban J connectivity index is 2.16. The average molecular weight is 305 g/mol. The second kappa shape index (κ2) is 7.14. The van der Waals surface area contributed by atoms with Crippen LogP contribution in [0.25, 0.3) is 0 Å². The fraction of sp³-hybridized carbons (Fsp3) is 0.611. The van der Waals surface area contributed by atoms with E-state index in [1.54, 1.807) is 7.11 Å². The quantitative estimate of drug-likeness (QED) is 0.855. The molecule has 1 saturated heterocycles. The molecule has 1 aromatic carbocycles. The third kappa shape index (κ3) is 4.47. The fourth-order valence-electron chi connectivity index (χ4n) is 2.94. The lowest BCUT2D eigenvalue weighted by molar-refractivity contribution is -0.0368. The van der Waals surface area contributed by atoms with E-state index in [4.69, 9.17) is 9.47 Å². The van der Waals surface area contributed by atoms with Crippen molar-refractivity contribution in [2.24, 2.45) is 0 Å². The monoisotopic (exact) mass is 305 g/mol. The number of likely N-dealkylation sites (tertiary alicyclic amines) is 1. The topological polar surface area (TPSA) is 38.8 Å². The van der Waals surface area contributed by atoms with Gasteiger partial charge in [0, 0.05) is 13.7 Å². The van der Waals surface area contributed by atoms with Crippen molar-refractivity contribution < 1.29 is 14.3 Å². The van der Waals surface area contributed by atoms with Crippen LogP contribution in [0.15, 0.2) is 30.3 Å². The van der Waals surface area contributed by atoms with Crippen molar-refractivity contribution in [3.05, 3.63) is 35.9 Å². The highest BCUT2D eigenvalue weighted by atomic mass is 16.6. The second-order valence-corrected chi connectivity index (χ2v) is 6.85. The number of rotatable bonds is 3. The fourth-order valence-corrected chi connectivity index (χ4v) is 2.94. The lowest BCUT2D eigenvalue weighted by Gasteiger charge is -2.41. The number of amides is 1. The molecule has 0 N–H and O–H groups in total. The van der Waals surface area contributed by atoms with Crippen molar-refractivity contribution in [1.29, 1.82) is 0 Å². The number of carbonyl (C=O) groups excluding carboxylic acids is 1. The molecular formula is C18H27NO3. The number of methoxy groups -OCH3 is 1. The largest absolute Gasteiger partial charge is 0.444 e. The van der Waals surface area contributed by atoms with Gasteiger partial charge in [-0.25, -0.2) is 4.79 Å². The van der Waals surface area contributed by atoms with Gasteiger partial charge in [0.15, 0.2) is 0 Å². The van der Waals surface area contributed by atoms with Gasteiger partial charge in [-0.15, -0.1) is 0 Å². The third-order valence-corrected chi connectivity index (χ3v) is 3.94. The molecule has 0 radical (unpaired) electrons. The first-order chi connectivity index (χ1) is 10.4. The summed E-state index contributed by atoms with van der Waals surface area (Å²) < 4.78 is 11.2. The maximum atomic E-state index is 12.5. The normalized spacial score (nSPS) is 22.5. The third-order valence-electron chi connectivity index (χ3n) is 3.94. The van der Waals surface area contributed by atoms with Crippen LogP contribution in [0.3, 0.4) is 0 Å². The van der Waals surface area contributed by atoms with Crippen LogP contribution in [0, 0.1) is 0 Å². The van der Waals surface area contributed by atoms with Crippen LogP contribution in [-0.2, 0) is 15.9 Å². The molecule has 0 bridgehead atoms. The van der Waals surface area contributed by atoms with Gasteiger partial charge in [0.25, 0.3) is 0 Å². The minimum absolute atomic E-state index is 0.0241. The lowest BCUT2D eigenvalue weighted by atomic mass is 9.93. The van der Waals surface area contributed by atoms with Gasteiger partial charge in [0.1, 0.15) is 5.60 Å². The number of nitrogens with zero attached hydrogens (tertiary/aromatic N) is 1. The van der Waals surface area contributed by atoms with E-state index in [1.165, 1.54) is 5.56 Å². The Morgan fingerprint density at radius 3 is 2.55 bits per heavy atom. The Labute approximate surface area is 133 Å². The van der Waals surface area contributed by atoms with E-state index in [0.717, 1.165) is 25.8 Å². The van der Waals surface area contributed by atoms with Gasteiger partial charge < -0.3 is 14.4 Å². The van der Waals surface area contributed by atoms with E-state index < -0.39 is 5.60 Å². The molecule has 2 atom stereocenters. The molecule has 0 spiro atoms. The molecule has 0 unspecified atom stereocenters. The van der Waals surface area contributed by atoms with E-state index in [0.29, 0.717) is 0 Å². The van der Waals surface area contributed by atoms with Gasteiger partial charge in [-0.05, 0) is 45.6 Å².